The van der Waals surface area contributed by atoms with Crippen molar-refractivity contribution in [2.24, 2.45) is 0 Å². The molecule has 1 fully saturated rings. The van der Waals surface area contributed by atoms with Crippen LogP contribution in [0.1, 0.15) is 29.6 Å². The van der Waals surface area contributed by atoms with Gasteiger partial charge in [-0.25, -0.2) is 4.39 Å². The first-order chi connectivity index (χ1) is 12.1. The number of imide groups is 1. The molecule has 3 rings (SSSR count). The number of likely N-dealkylation sites (tertiary alicyclic amines) is 1. The van der Waals surface area contributed by atoms with Crippen molar-refractivity contribution < 1.29 is 14.0 Å². The first-order valence-electron chi connectivity index (χ1n) is 7.87. The number of rotatable bonds is 4. The van der Waals surface area contributed by atoms with Crippen LogP contribution in [0.4, 0.5) is 9.52 Å². The van der Waals surface area contributed by atoms with Gasteiger partial charge >= 0.3 is 0 Å². The number of benzene rings is 1. The molecule has 1 aliphatic rings. The topological polar surface area (TPSA) is 75.2 Å². The van der Waals surface area contributed by atoms with Crippen molar-refractivity contribution in [3.8, 4) is 0 Å². The molecule has 1 aliphatic heterocycles. The summed E-state index contributed by atoms with van der Waals surface area (Å²) in [6.45, 7) is 0.379. The highest BCUT2D eigenvalue weighted by Gasteiger charge is 2.33. The number of halogens is 1. The van der Waals surface area contributed by atoms with Crippen LogP contribution >= 0.6 is 23.1 Å². The Morgan fingerprint density at radius 1 is 1.32 bits per heavy atom. The van der Waals surface area contributed by atoms with Crippen LogP contribution < -0.4 is 5.32 Å². The highest BCUT2D eigenvalue weighted by molar-refractivity contribution is 8.02. The summed E-state index contributed by atoms with van der Waals surface area (Å²) in [5.74, 6) is -1.02. The summed E-state index contributed by atoms with van der Waals surface area (Å²) in [7, 11) is 1.76. The molecule has 132 valence electrons. The third kappa shape index (κ3) is 4.16. The maximum atomic E-state index is 13.1. The van der Waals surface area contributed by atoms with Gasteiger partial charge in [-0.1, -0.05) is 29.5 Å². The average molecular weight is 380 g/mol. The minimum atomic E-state index is -0.413. The number of thioether (sulfide) groups is 1. The van der Waals surface area contributed by atoms with Gasteiger partial charge in [0, 0.05) is 19.2 Å². The SMILES string of the molecule is CNc1nnc(S[C@@H]2CCCCN(C(=O)c3ccc(F)cc3)C2=O)s1. The van der Waals surface area contributed by atoms with Crippen molar-refractivity contribution >= 4 is 40.0 Å². The maximum Gasteiger partial charge on any atom is 0.260 e. The van der Waals surface area contributed by atoms with Crippen molar-refractivity contribution in [3.63, 3.8) is 0 Å². The van der Waals surface area contributed by atoms with Crippen LogP contribution in [0.15, 0.2) is 28.6 Å². The lowest BCUT2D eigenvalue weighted by Gasteiger charge is -2.21. The zero-order chi connectivity index (χ0) is 17.8. The zero-order valence-electron chi connectivity index (χ0n) is 13.6. The van der Waals surface area contributed by atoms with Crippen molar-refractivity contribution in [1.82, 2.24) is 15.1 Å². The highest BCUT2D eigenvalue weighted by atomic mass is 32.2. The smallest absolute Gasteiger partial charge is 0.260 e. The Morgan fingerprint density at radius 3 is 2.76 bits per heavy atom. The number of hydrogen-bond acceptors (Lipinski definition) is 7. The number of carbonyl (C=O) groups is 2. The predicted octanol–water partition coefficient (Wildman–Crippen LogP) is 3.03. The van der Waals surface area contributed by atoms with Crippen LogP contribution in [0.5, 0.6) is 0 Å². The number of nitrogens with one attached hydrogen (secondary N) is 1. The molecule has 1 aromatic heterocycles. The quantitative estimate of drug-likeness (QED) is 0.822. The summed E-state index contributed by atoms with van der Waals surface area (Å²) >= 11 is 2.72. The van der Waals surface area contributed by atoms with E-state index in [0.717, 1.165) is 12.8 Å². The van der Waals surface area contributed by atoms with Gasteiger partial charge in [-0.05, 0) is 37.1 Å². The van der Waals surface area contributed by atoms with E-state index in [1.54, 1.807) is 7.05 Å². The van der Waals surface area contributed by atoms with Gasteiger partial charge in [0.15, 0.2) is 4.34 Å². The van der Waals surface area contributed by atoms with Gasteiger partial charge in [0.25, 0.3) is 5.91 Å². The van der Waals surface area contributed by atoms with Crippen LogP contribution in [-0.4, -0.2) is 45.8 Å². The Balaban J connectivity index is 1.76. The van der Waals surface area contributed by atoms with Crippen LogP contribution in [0, 0.1) is 5.82 Å². The van der Waals surface area contributed by atoms with Crippen LogP contribution in [-0.2, 0) is 4.79 Å². The molecule has 0 spiro atoms. The number of aromatic nitrogens is 2. The Labute approximate surface area is 152 Å². The van der Waals surface area contributed by atoms with Gasteiger partial charge in [-0.2, -0.15) is 0 Å². The van der Waals surface area contributed by atoms with E-state index in [4.69, 9.17) is 0 Å². The monoisotopic (exact) mass is 380 g/mol. The van der Waals surface area contributed by atoms with Gasteiger partial charge in [0.2, 0.25) is 11.0 Å². The standard InChI is InChI=1S/C16H17FN4O2S2/c1-18-15-19-20-16(25-15)24-12-4-2-3-9-21(14(12)23)13(22)10-5-7-11(17)8-6-10/h5-8,12H,2-4,9H2,1H3,(H,18,19)/t12-/m1/s1. The van der Waals surface area contributed by atoms with E-state index in [2.05, 4.69) is 15.5 Å². The van der Waals surface area contributed by atoms with E-state index >= 15 is 0 Å². The summed E-state index contributed by atoms with van der Waals surface area (Å²) in [4.78, 5) is 26.8. The maximum absolute atomic E-state index is 13.1. The molecule has 1 saturated heterocycles. The fourth-order valence-corrected chi connectivity index (χ4v) is 4.60. The minimum Gasteiger partial charge on any atom is -0.363 e. The zero-order valence-corrected chi connectivity index (χ0v) is 15.2. The van der Waals surface area contributed by atoms with Crippen molar-refractivity contribution in [1.29, 1.82) is 0 Å². The lowest BCUT2D eigenvalue weighted by atomic mass is 10.2. The van der Waals surface area contributed by atoms with Crippen molar-refractivity contribution in [2.75, 3.05) is 18.9 Å². The molecule has 9 heteroatoms. The Bertz CT molecular complexity index is 766. The van der Waals surface area contributed by atoms with E-state index in [0.29, 0.717) is 28.0 Å². The molecule has 1 atom stereocenters. The third-order valence-corrected chi connectivity index (χ3v) is 6.12. The molecule has 1 aromatic carbocycles. The second-order valence-electron chi connectivity index (χ2n) is 5.53. The molecule has 25 heavy (non-hydrogen) atoms. The summed E-state index contributed by atoms with van der Waals surface area (Å²) < 4.78 is 13.8. The van der Waals surface area contributed by atoms with E-state index in [1.807, 2.05) is 0 Å². The van der Waals surface area contributed by atoms with Crippen LogP contribution in [0.3, 0.4) is 0 Å². The molecule has 0 bridgehead atoms. The van der Waals surface area contributed by atoms with Gasteiger partial charge in [-0.3, -0.25) is 14.5 Å². The van der Waals surface area contributed by atoms with Crippen LogP contribution in [0.25, 0.3) is 0 Å². The van der Waals surface area contributed by atoms with E-state index < -0.39 is 5.82 Å². The Kier molecular flexibility index (Phi) is 5.64. The summed E-state index contributed by atoms with van der Waals surface area (Å²) in [6.07, 6.45) is 2.30. The molecular weight excluding hydrogens is 363 g/mol. The van der Waals surface area contributed by atoms with E-state index in [-0.39, 0.29) is 17.1 Å². The Morgan fingerprint density at radius 2 is 2.08 bits per heavy atom. The summed E-state index contributed by atoms with van der Waals surface area (Å²) in [5.41, 5.74) is 0.314. The first kappa shape index (κ1) is 17.8. The molecule has 0 radical (unpaired) electrons. The van der Waals surface area contributed by atoms with Gasteiger partial charge in [0.05, 0.1) is 5.25 Å². The highest BCUT2D eigenvalue weighted by Crippen LogP contribution is 2.33. The lowest BCUT2D eigenvalue weighted by Crippen LogP contribution is -2.41. The third-order valence-electron chi connectivity index (χ3n) is 3.84. The molecule has 0 saturated carbocycles. The fourth-order valence-electron chi connectivity index (χ4n) is 2.55. The number of hydrogen-bond donors (Lipinski definition) is 1. The second-order valence-corrected chi connectivity index (χ2v) is 7.95. The second kappa shape index (κ2) is 7.92. The number of amides is 2. The molecule has 1 N–H and O–H groups in total. The predicted molar refractivity (Wildman–Crippen MR) is 95.4 cm³/mol. The summed E-state index contributed by atoms with van der Waals surface area (Å²) in [6, 6.07) is 5.26. The molecule has 2 amide bonds. The molecule has 2 aromatic rings. The normalized spacial score (nSPS) is 18.1. The summed E-state index contributed by atoms with van der Waals surface area (Å²) in [5, 5.41) is 11.2. The first-order valence-corrected chi connectivity index (χ1v) is 9.57. The van der Waals surface area contributed by atoms with Gasteiger partial charge in [0.1, 0.15) is 5.82 Å². The van der Waals surface area contributed by atoms with E-state index in [9.17, 15) is 14.0 Å². The van der Waals surface area contributed by atoms with E-state index in [1.165, 1.54) is 52.3 Å². The molecule has 0 aliphatic carbocycles. The average Bonchev–Trinajstić information content (AvgIpc) is 3.00. The molecule has 6 nitrogen and oxygen atoms in total. The fraction of sp³-hybridized carbons (Fsp3) is 0.375. The molecule has 0 unspecified atom stereocenters. The van der Waals surface area contributed by atoms with Crippen LogP contribution in [0.2, 0.25) is 0 Å². The lowest BCUT2D eigenvalue weighted by molar-refractivity contribution is -0.127. The van der Waals surface area contributed by atoms with Crippen molar-refractivity contribution in [3.05, 3.63) is 35.6 Å². The minimum absolute atomic E-state index is 0.224. The van der Waals surface area contributed by atoms with Gasteiger partial charge in [-0.15, -0.1) is 10.2 Å². The number of nitrogens with zero attached hydrogens (tertiary/aromatic N) is 3. The van der Waals surface area contributed by atoms with Gasteiger partial charge < -0.3 is 5.32 Å². The van der Waals surface area contributed by atoms with Crippen molar-refractivity contribution in [2.45, 2.75) is 28.9 Å². The largest absolute Gasteiger partial charge is 0.363 e. The number of carbonyl (C=O) groups excluding carboxylic acids is 2. The molecular formula is C16H17FN4O2S2. The molecule has 2 heterocycles. The Hall–Kier alpha value is -2.00. The number of anilines is 1.